The van der Waals surface area contributed by atoms with Gasteiger partial charge in [0, 0.05) is 7.05 Å². The summed E-state index contributed by atoms with van der Waals surface area (Å²) in [5.74, 6) is 0. The summed E-state index contributed by atoms with van der Waals surface area (Å²) in [6, 6.07) is 0. The van der Waals surface area contributed by atoms with Gasteiger partial charge in [-0.15, -0.1) is 0 Å². The second kappa shape index (κ2) is 2.68. The van der Waals surface area contributed by atoms with Crippen LogP contribution in [0, 0.1) is 0 Å². The van der Waals surface area contributed by atoms with Crippen LogP contribution in [0.2, 0.25) is 0 Å². The minimum absolute atomic E-state index is 0.194. The first kappa shape index (κ1) is 8.95. The monoisotopic (exact) mass is 211 g/mol. The van der Waals surface area contributed by atoms with E-state index in [1.54, 1.807) is 7.05 Å². The fourth-order valence-electron chi connectivity index (χ4n) is 1.30. The van der Waals surface area contributed by atoms with Crippen LogP contribution in [0.5, 0.6) is 0 Å². The van der Waals surface area contributed by atoms with E-state index in [-0.39, 0.29) is 10.5 Å². The van der Waals surface area contributed by atoms with Gasteiger partial charge in [-0.05, 0) is 12.2 Å². The number of thiocarbonyl (C=S) groups is 1. The number of hydrogen-bond acceptors (Lipinski definition) is 3. The van der Waals surface area contributed by atoms with Crippen molar-refractivity contribution < 1.29 is 4.99 Å². The van der Waals surface area contributed by atoms with E-state index in [9.17, 15) is 9.59 Å². The van der Waals surface area contributed by atoms with E-state index in [1.807, 2.05) is 0 Å². The minimum Gasteiger partial charge on any atom is -0.265 e. The van der Waals surface area contributed by atoms with Crippen LogP contribution in [0.15, 0.2) is 14.6 Å². The highest BCUT2D eigenvalue weighted by Gasteiger charge is 2.18. The summed E-state index contributed by atoms with van der Waals surface area (Å²) in [5, 5.41) is 0.401. The summed E-state index contributed by atoms with van der Waals surface area (Å²) in [5.41, 5.74) is -0.472. The first-order chi connectivity index (χ1) is 6.52. The van der Waals surface area contributed by atoms with Crippen molar-refractivity contribution in [1.82, 2.24) is 9.13 Å². The minimum atomic E-state index is -0.435. The maximum absolute atomic E-state index is 11.5. The average Bonchev–Trinajstić information content (AvgIpc) is 2.54. The van der Waals surface area contributed by atoms with Gasteiger partial charge in [0.25, 0.3) is 10.8 Å². The van der Waals surface area contributed by atoms with Gasteiger partial charge in [-0.2, -0.15) is 0 Å². The van der Waals surface area contributed by atoms with Crippen molar-refractivity contribution in [2.45, 2.75) is 0 Å². The Kier molecular flexibility index (Phi) is 1.71. The Morgan fingerprint density at radius 1 is 1.29 bits per heavy atom. The van der Waals surface area contributed by atoms with Crippen LogP contribution in [0.1, 0.15) is 0 Å². The quantitative estimate of drug-likeness (QED) is 0.441. The number of fused-ring (bicyclic) bond motifs is 1. The van der Waals surface area contributed by atoms with Gasteiger partial charge in [-0.25, -0.2) is 18.9 Å². The van der Waals surface area contributed by atoms with E-state index in [4.69, 9.17) is 12.2 Å². The van der Waals surface area contributed by atoms with Gasteiger partial charge >= 0.3 is 16.4 Å². The molecule has 0 aromatic carbocycles. The lowest BCUT2D eigenvalue weighted by Gasteiger charge is -1.93. The summed E-state index contributed by atoms with van der Waals surface area (Å²) >= 11 is 4.79. The third-order valence-electron chi connectivity index (χ3n) is 2.08. The first-order valence-corrected chi connectivity index (χ1v) is 4.26. The Labute approximate surface area is 82.9 Å². The molecule has 1 aliphatic rings. The zero-order valence-electron chi connectivity index (χ0n) is 7.57. The Balaban J connectivity index is 3.24. The molecule has 7 heteroatoms. The van der Waals surface area contributed by atoms with Gasteiger partial charge in [0.15, 0.2) is 0 Å². The van der Waals surface area contributed by atoms with E-state index in [1.165, 1.54) is 11.6 Å². The predicted molar refractivity (Wildman–Crippen MR) is 50.4 cm³/mol. The number of rotatable bonds is 0. The van der Waals surface area contributed by atoms with E-state index in [0.29, 0.717) is 5.49 Å². The zero-order chi connectivity index (χ0) is 10.5. The second-order valence-electron chi connectivity index (χ2n) is 2.94. The van der Waals surface area contributed by atoms with Crippen LogP contribution in [0.4, 0.5) is 0 Å². The smallest absolute Gasteiger partial charge is 0.265 e. The summed E-state index contributed by atoms with van der Waals surface area (Å²) in [6.07, 6.45) is 0. The zero-order valence-corrected chi connectivity index (χ0v) is 8.38. The Hall–Kier alpha value is -1.63. The standard InChI is InChI=1S/C7H6N4O2S/c1-10-4-3(8-6(14)9-4)5(12)11(2)7(10)13/h1-2H3/p+1. The van der Waals surface area contributed by atoms with Crippen molar-refractivity contribution in [3.05, 3.63) is 31.7 Å². The molecule has 0 atom stereocenters. The molecule has 0 saturated carbocycles. The molecule has 6 nitrogen and oxygen atoms in total. The van der Waals surface area contributed by atoms with Crippen molar-refractivity contribution in [2.24, 2.45) is 19.1 Å². The molecular formula is C7H7N4O2S+. The molecule has 0 unspecified atom stereocenters. The lowest BCUT2D eigenvalue weighted by molar-refractivity contribution is -0.366. The molecule has 1 aromatic heterocycles. The third kappa shape index (κ3) is 0.987. The molecule has 0 fully saturated rings. The molecule has 0 aliphatic carbocycles. The molecule has 0 saturated heterocycles. The van der Waals surface area contributed by atoms with Crippen LogP contribution in [0.3, 0.4) is 0 Å². The SMILES string of the molecule is Cn1c(=O)c2c(n(C)c1=O)=[NH+]C(=S)N=2. The topological polar surface area (TPSA) is 70.3 Å². The number of aromatic nitrogens is 2. The molecule has 72 valence electrons. The van der Waals surface area contributed by atoms with Crippen LogP contribution in [-0.4, -0.2) is 14.2 Å². The number of nitrogens with zero attached hydrogens (tertiary/aromatic N) is 3. The average molecular weight is 211 g/mol. The normalized spacial score (nSPS) is 13.4. The molecule has 0 amide bonds. The largest absolute Gasteiger partial charge is 0.388 e. The third-order valence-corrected chi connectivity index (χ3v) is 2.27. The van der Waals surface area contributed by atoms with Crippen LogP contribution in [0.25, 0.3) is 0 Å². The molecule has 1 aliphatic heterocycles. The Bertz CT molecular complexity index is 667. The van der Waals surface area contributed by atoms with E-state index in [0.717, 1.165) is 4.57 Å². The lowest BCUT2D eigenvalue weighted by Crippen LogP contribution is -2.82. The molecule has 2 rings (SSSR count). The van der Waals surface area contributed by atoms with Crippen molar-refractivity contribution in [3.63, 3.8) is 0 Å². The molecule has 0 radical (unpaired) electrons. The Morgan fingerprint density at radius 3 is 2.57 bits per heavy atom. The van der Waals surface area contributed by atoms with Crippen molar-refractivity contribution in [3.8, 4) is 0 Å². The molecular weight excluding hydrogens is 204 g/mol. The highest BCUT2D eigenvalue weighted by Crippen LogP contribution is 1.62. The van der Waals surface area contributed by atoms with Crippen molar-refractivity contribution >= 4 is 17.3 Å². The van der Waals surface area contributed by atoms with Gasteiger partial charge in [0.05, 0.1) is 7.05 Å². The highest BCUT2D eigenvalue weighted by molar-refractivity contribution is 7.79. The maximum atomic E-state index is 11.5. The van der Waals surface area contributed by atoms with Crippen LogP contribution < -0.4 is 27.1 Å². The van der Waals surface area contributed by atoms with Crippen LogP contribution >= 0.6 is 12.2 Å². The fourth-order valence-corrected chi connectivity index (χ4v) is 1.49. The molecule has 1 aromatic rings. The molecule has 1 N–H and O–H groups in total. The van der Waals surface area contributed by atoms with E-state index in [2.05, 4.69) is 9.98 Å². The maximum Gasteiger partial charge on any atom is 0.388 e. The number of nitrogens with one attached hydrogen (secondary N) is 1. The van der Waals surface area contributed by atoms with Gasteiger partial charge in [0.1, 0.15) is 0 Å². The van der Waals surface area contributed by atoms with Gasteiger partial charge < -0.3 is 0 Å². The highest BCUT2D eigenvalue weighted by atomic mass is 32.1. The first-order valence-electron chi connectivity index (χ1n) is 3.85. The van der Waals surface area contributed by atoms with E-state index < -0.39 is 11.2 Å². The van der Waals surface area contributed by atoms with Gasteiger partial charge in [-0.3, -0.25) is 4.79 Å². The lowest BCUT2D eigenvalue weighted by atomic mass is 10.5. The Morgan fingerprint density at radius 2 is 1.93 bits per heavy atom. The fraction of sp³-hybridized carbons (Fsp3) is 0.286. The molecule has 0 spiro atoms. The van der Waals surface area contributed by atoms with Crippen molar-refractivity contribution in [2.75, 3.05) is 0 Å². The summed E-state index contributed by atoms with van der Waals surface area (Å²) in [7, 11) is 2.96. The second-order valence-corrected chi connectivity index (χ2v) is 3.33. The molecule has 0 bridgehead atoms. The number of hydrogen-bond donors (Lipinski definition) is 1. The summed E-state index contributed by atoms with van der Waals surface area (Å²) < 4.78 is 2.30. The van der Waals surface area contributed by atoms with Crippen LogP contribution in [-0.2, 0) is 14.1 Å². The summed E-state index contributed by atoms with van der Waals surface area (Å²) in [6.45, 7) is 0. The van der Waals surface area contributed by atoms with Gasteiger partial charge in [0.2, 0.25) is 0 Å². The van der Waals surface area contributed by atoms with Crippen molar-refractivity contribution in [1.29, 1.82) is 0 Å². The summed E-state index contributed by atoms with van der Waals surface area (Å²) in [4.78, 5) is 29.5. The van der Waals surface area contributed by atoms with Gasteiger partial charge in [-0.1, -0.05) is 4.99 Å². The predicted octanol–water partition coefficient (Wildman–Crippen LogP) is -4.30. The van der Waals surface area contributed by atoms with E-state index >= 15 is 0 Å². The molecule has 14 heavy (non-hydrogen) atoms. The molecule has 2 heterocycles.